The minimum absolute atomic E-state index is 0.168. The maximum absolute atomic E-state index is 12.3. The molecule has 0 radical (unpaired) electrons. The van der Waals surface area contributed by atoms with Gasteiger partial charge in [0.25, 0.3) is 0 Å². The van der Waals surface area contributed by atoms with Crippen LogP contribution in [0.1, 0.15) is 32.6 Å². The lowest BCUT2D eigenvalue weighted by atomic mass is 9.95. The van der Waals surface area contributed by atoms with Crippen molar-refractivity contribution in [2.24, 2.45) is 0 Å². The third kappa shape index (κ3) is 2.65. The quantitative estimate of drug-likeness (QED) is 0.768. The van der Waals surface area contributed by atoms with E-state index in [9.17, 15) is 4.79 Å². The van der Waals surface area contributed by atoms with Crippen LogP contribution < -0.4 is 0 Å². The zero-order valence-electron chi connectivity index (χ0n) is 11.0. The van der Waals surface area contributed by atoms with Crippen LogP contribution >= 0.6 is 0 Å². The largest absolute Gasteiger partial charge is 0.294 e. The second kappa shape index (κ2) is 5.13. The van der Waals surface area contributed by atoms with Gasteiger partial charge in [0.15, 0.2) is 5.78 Å². The Balaban J connectivity index is 2.27. The van der Waals surface area contributed by atoms with E-state index in [2.05, 4.69) is 18.0 Å². The number of hydrogen-bond acceptors (Lipinski definition) is 2. The van der Waals surface area contributed by atoms with E-state index in [0.717, 1.165) is 16.7 Å². The zero-order valence-corrected chi connectivity index (χ0v) is 11.0. The van der Waals surface area contributed by atoms with Crippen LogP contribution in [0.3, 0.4) is 0 Å². The Morgan fingerprint density at radius 2 is 1.61 bits per heavy atom. The summed E-state index contributed by atoms with van der Waals surface area (Å²) in [4.78, 5) is 16.2. The van der Waals surface area contributed by atoms with Crippen molar-refractivity contribution >= 4 is 5.78 Å². The molecule has 0 saturated heterocycles. The summed E-state index contributed by atoms with van der Waals surface area (Å²) in [6.45, 7) is 6.10. The first kappa shape index (κ1) is 12.5. The molecule has 18 heavy (non-hydrogen) atoms. The minimum Gasteiger partial charge on any atom is -0.294 e. The van der Waals surface area contributed by atoms with Gasteiger partial charge in [-0.2, -0.15) is 0 Å². The Hall–Kier alpha value is -1.96. The number of pyridine rings is 1. The van der Waals surface area contributed by atoms with Crippen molar-refractivity contribution in [3.63, 3.8) is 0 Å². The van der Waals surface area contributed by atoms with Gasteiger partial charge in [-0.3, -0.25) is 9.78 Å². The second-order valence-electron chi connectivity index (χ2n) is 4.71. The summed E-state index contributed by atoms with van der Waals surface area (Å²) in [6.07, 6.45) is 3.87. The number of benzene rings is 1. The molecule has 0 atom stereocenters. The number of hydrogen-bond donors (Lipinski definition) is 0. The van der Waals surface area contributed by atoms with Gasteiger partial charge in [-0.1, -0.05) is 6.07 Å². The van der Waals surface area contributed by atoms with Crippen LogP contribution in [0.15, 0.2) is 36.7 Å². The first-order chi connectivity index (χ1) is 8.58. The number of carbonyl (C=O) groups excluding carboxylic acids is 1. The van der Waals surface area contributed by atoms with Crippen molar-refractivity contribution in [2.45, 2.75) is 27.2 Å². The van der Waals surface area contributed by atoms with E-state index in [1.807, 2.05) is 32.0 Å². The Labute approximate surface area is 108 Å². The van der Waals surface area contributed by atoms with Crippen LogP contribution in [0, 0.1) is 20.8 Å². The number of rotatable bonds is 3. The average Bonchev–Trinajstić information content (AvgIpc) is 2.35. The normalized spacial score (nSPS) is 10.4. The van der Waals surface area contributed by atoms with Crippen LogP contribution in [0.2, 0.25) is 0 Å². The Bertz CT molecular complexity index is 573. The second-order valence-corrected chi connectivity index (χ2v) is 4.71. The van der Waals surface area contributed by atoms with Gasteiger partial charge in [0.2, 0.25) is 0 Å². The van der Waals surface area contributed by atoms with Gasteiger partial charge in [0.1, 0.15) is 0 Å². The van der Waals surface area contributed by atoms with Crippen LogP contribution in [-0.4, -0.2) is 10.8 Å². The SMILES string of the molecule is Cc1cc(C)c(C(=O)Cc2ccncc2)cc1C. The molecule has 0 fully saturated rings. The molecule has 0 aliphatic heterocycles. The topological polar surface area (TPSA) is 30.0 Å². The van der Waals surface area contributed by atoms with Crippen molar-refractivity contribution in [3.05, 3.63) is 64.5 Å². The van der Waals surface area contributed by atoms with E-state index in [4.69, 9.17) is 0 Å². The third-order valence-corrected chi connectivity index (χ3v) is 3.26. The van der Waals surface area contributed by atoms with Gasteiger partial charge in [-0.15, -0.1) is 0 Å². The van der Waals surface area contributed by atoms with Crippen molar-refractivity contribution in [1.82, 2.24) is 4.98 Å². The van der Waals surface area contributed by atoms with Crippen molar-refractivity contribution < 1.29 is 4.79 Å². The van der Waals surface area contributed by atoms with Gasteiger partial charge >= 0.3 is 0 Å². The Morgan fingerprint density at radius 3 is 2.28 bits per heavy atom. The predicted octanol–water partition coefficient (Wildman–Crippen LogP) is 3.43. The standard InChI is InChI=1S/C16H17NO/c1-11-8-13(3)15(9-12(11)2)16(18)10-14-4-6-17-7-5-14/h4-9H,10H2,1-3H3. The monoisotopic (exact) mass is 239 g/mol. The fraction of sp³-hybridized carbons (Fsp3) is 0.250. The summed E-state index contributed by atoms with van der Waals surface area (Å²) < 4.78 is 0. The lowest BCUT2D eigenvalue weighted by Gasteiger charge is -2.09. The van der Waals surface area contributed by atoms with Gasteiger partial charge in [-0.25, -0.2) is 0 Å². The molecule has 0 aliphatic rings. The summed E-state index contributed by atoms with van der Waals surface area (Å²) in [5.74, 6) is 0.168. The van der Waals surface area contributed by atoms with E-state index >= 15 is 0 Å². The van der Waals surface area contributed by atoms with E-state index < -0.39 is 0 Å². The highest BCUT2D eigenvalue weighted by atomic mass is 16.1. The van der Waals surface area contributed by atoms with Crippen molar-refractivity contribution in [2.75, 3.05) is 0 Å². The molecule has 1 aromatic heterocycles. The lowest BCUT2D eigenvalue weighted by Crippen LogP contribution is -2.06. The van der Waals surface area contributed by atoms with E-state index in [-0.39, 0.29) is 5.78 Å². The lowest BCUT2D eigenvalue weighted by molar-refractivity contribution is 0.0992. The van der Waals surface area contributed by atoms with E-state index in [0.29, 0.717) is 6.42 Å². The first-order valence-electron chi connectivity index (χ1n) is 6.08. The van der Waals surface area contributed by atoms with Gasteiger partial charge < -0.3 is 0 Å². The molecule has 2 rings (SSSR count). The number of nitrogens with zero attached hydrogens (tertiary/aromatic N) is 1. The molecule has 1 heterocycles. The summed E-state index contributed by atoms with van der Waals surface area (Å²) in [5.41, 5.74) is 5.28. The zero-order chi connectivity index (χ0) is 13.1. The molecule has 0 bridgehead atoms. The fourth-order valence-electron chi connectivity index (χ4n) is 2.04. The van der Waals surface area contributed by atoms with Crippen LogP contribution in [-0.2, 0) is 6.42 Å². The molecular formula is C16H17NO. The molecule has 2 heteroatoms. The molecule has 0 saturated carbocycles. The smallest absolute Gasteiger partial charge is 0.167 e. The molecule has 92 valence electrons. The number of carbonyl (C=O) groups is 1. The predicted molar refractivity (Wildman–Crippen MR) is 72.9 cm³/mol. The highest BCUT2D eigenvalue weighted by Crippen LogP contribution is 2.17. The highest BCUT2D eigenvalue weighted by Gasteiger charge is 2.11. The average molecular weight is 239 g/mol. The number of ketones is 1. The molecular weight excluding hydrogens is 222 g/mol. The molecule has 2 aromatic rings. The molecule has 2 nitrogen and oxygen atoms in total. The molecule has 1 aromatic carbocycles. The first-order valence-corrected chi connectivity index (χ1v) is 6.08. The van der Waals surface area contributed by atoms with Gasteiger partial charge in [0, 0.05) is 24.4 Å². The number of aromatic nitrogens is 1. The maximum Gasteiger partial charge on any atom is 0.167 e. The van der Waals surface area contributed by atoms with Crippen LogP contribution in [0.25, 0.3) is 0 Å². The van der Waals surface area contributed by atoms with Crippen molar-refractivity contribution in [1.29, 1.82) is 0 Å². The summed E-state index contributed by atoms with van der Waals surface area (Å²) in [7, 11) is 0. The third-order valence-electron chi connectivity index (χ3n) is 3.26. The van der Waals surface area contributed by atoms with Crippen molar-refractivity contribution in [3.8, 4) is 0 Å². The van der Waals surface area contributed by atoms with Crippen LogP contribution in [0.4, 0.5) is 0 Å². The Kier molecular flexibility index (Phi) is 3.56. The number of aryl methyl sites for hydroxylation is 3. The maximum atomic E-state index is 12.3. The minimum atomic E-state index is 0.168. The molecule has 0 unspecified atom stereocenters. The summed E-state index contributed by atoms with van der Waals surface area (Å²) >= 11 is 0. The molecule has 0 spiro atoms. The van der Waals surface area contributed by atoms with Gasteiger partial charge in [0.05, 0.1) is 0 Å². The Morgan fingerprint density at radius 1 is 1.00 bits per heavy atom. The highest BCUT2D eigenvalue weighted by molar-refractivity contribution is 5.99. The fourth-order valence-corrected chi connectivity index (χ4v) is 2.04. The van der Waals surface area contributed by atoms with Crippen LogP contribution in [0.5, 0.6) is 0 Å². The molecule has 0 aliphatic carbocycles. The van der Waals surface area contributed by atoms with Gasteiger partial charge in [-0.05, 0) is 61.2 Å². The van der Waals surface area contributed by atoms with E-state index in [1.165, 1.54) is 11.1 Å². The molecule has 0 N–H and O–H groups in total. The molecule has 0 amide bonds. The number of Topliss-reactive ketones (excluding diaryl/α,β-unsaturated/α-hetero) is 1. The summed E-state index contributed by atoms with van der Waals surface area (Å²) in [5, 5.41) is 0. The summed E-state index contributed by atoms with van der Waals surface area (Å²) in [6, 6.07) is 7.84. The van der Waals surface area contributed by atoms with E-state index in [1.54, 1.807) is 12.4 Å².